The highest BCUT2D eigenvalue weighted by molar-refractivity contribution is 7.16. The first-order valence-corrected chi connectivity index (χ1v) is 9.37. The Hall–Kier alpha value is -1.73. The number of aryl methyl sites for hydroxylation is 1. The molecule has 1 aliphatic heterocycles. The van der Waals surface area contributed by atoms with Crippen LogP contribution in [-0.4, -0.2) is 33.9 Å². The van der Waals surface area contributed by atoms with Crippen molar-refractivity contribution in [2.24, 2.45) is 11.8 Å². The number of rotatable bonds is 4. The highest BCUT2D eigenvalue weighted by Gasteiger charge is 2.27. The molecule has 0 bridgehead atoms. The van der Waals surface area contributed by atoms with Crippen molar-refractivity contribution < 1.29 is 9.53 Å². The maximum atomic E-state index is 12.3. The Kier molecular flexibility index (Phi) is 4.14. The van der Waals surface area contributed by atoms with E-state index in [1.807, 2.05) is 6.20 Å². The molecule has 1 atom stereocenters. The maximum absolute atomic E-state index is 12.3. The van der Waals surface area contributed by atoms with E-state index >= 15 is 0 Å². The lowest BCUT2D eigenvalue weighted by Gasteiger charge is -2.14. The van der Waals surface area contributed by atoms with E-state index in [2.05, 4.69) is 33.9 Å². The Balaban J connectivity index is 1.56. The number of ether oxygens (including phenoxy) is 1. The van der Waals surface area contributed by atoms with Crippen molar-refractivity contribution >= 4 is 22.4 Å². The van der Waals surface area contributed by atoms with E-state index in [-0.39, 0.29) is 11.8 Å². The van der Waals surface area contributed by atoms with Crippen LogP contribution < -0.4 is 5.32 Å². The van der Waals surface area contributed by atoms with Crippen molar-refractivity contribution in [3.63, 3.8) is 0 Å². The van der Waals surface area contributed by atoms with Gasteiger partial charge in [0.25, 0.3) is 0 Å². The van der Waals surface area contributed by atoms with Gasteiger partial charge in [0.15, 0.2) is 5.13 Å². The summed E-state index contributed by atoms with van der Waals surface area (Å²) >= 11 is 1.59. The van der Waals surface area contributed by atoms with Gasteiger partial charge < -0.3 is 10.1 Å². The van der Waals surface area contributed by atoms with Gasteiger partial charge in [-0.1, -0.05) is 13.8 Å². The number of thiazole rings is 1. The molecular formula is C17H22N4O2S. The smallest absolute Gasteiger partial charge is 0.231 e. The Labute approximate surface area is 145 Å². The second kappa shape index (κ2) is 6.29. The minimum absolute atomic E-state index is 0.0225. The zero-order valence-corrected chi connectivity index (χ0v) is 14.9. The summed E-state index contributed by atoms with van der Waals surface area (Å²) in [7, 11) is 0. The number of aromatic nitrogens is 3. The molecule has 0 unspecified atom stereocenters. The van der Waals surface area contributed by atoms with Crippen LogP contribution in [0.4, 0.5) is 5.13 Å². The second-order valence-electron chi connectivity index (χ2n) is 6.92. The molecule has 0 radical (unpaired) electrons. The minimum atomic E-state index is -0.0460. The van der Waals surface area contributed by atoms with Gasteiger partial charge in [0, 0.05) is 29.3 Å². The lowest BCUT2D eigenvalue weighted by Crippen LogP contribution is -2.22. The van der Waals surface area contributed by atoms with E-state index < -0.39 is 0 Å². The van der Waals surface area contributed by atoms with E-state index in [1.165, 1.54) is 10.6 Å². The molecule has 4 rings (SSSR count). The predicted octanol–water partition coefficient (Wildman–Crippen LogP) is 2.74. The van der Waals surface area contributed by atoms with Gasteiger partial charge in [0.05, 0.1) is 24.4 Å². The van der Waals surface area contributed by atoms with E-state index in [1.54, 1.807) is 11.3 Å². The van der Waals surface area contributed by atoms with Crippen LogP contribution in [0.1, 0.15) is 30.8 Å². The average molecular weight is 346 g/mol. The summed E-state index contributed by atoms with van der Waals surface area (Å²) in [4.78, 5) is 18.2. The number of carbonyl (C=O) groups is 1. The third-order valence-corrected chi connectivity index (χ3v) is 5.59. The molecule has 6 nitrogen and oxygen atoms in total. The molecule has 1 amide bonds. The SMILES string of the molecule is CC(C)Cn1ncc2c1CCc1sc(NC(=O)[C@H]3CCOC3)nc1-2. The van der Waals surface area contributed by atoms with Crippen LogP contribution in [0.25, 0.3) is 11.3 Å². The van der Waals surface area contributed by atoms with Gasteiger partial charge in [-0.25, -0.2) is 4.98 Å². The number of anilines is 1. The number of amides is 1. The molecule has 7 heteroatoms. The van der Waals surface area contributed by atoms with Gasteiger partial charge in [-0.05, 0) is 25.2 Å². The predicted molar refractivity (Wildman–Crippen MR) is 93.1 cm³/mol. The maximum Gasteiger partial charge on any atom is 0.231 e. The van der Waals surface area contributed by atoms with Crippen LogP contribution in [-0.2, 0) is 28.9 Å². The number of hydrogen-bond donors (Lipinski definition) is 1. The summed E-state index contributed by atoms with van der Waals surface area (Å²) < 4.78 is 7.40. The molecule has 3 heterocycles. The molecule has 1 aliphatic carbocycles. The third kappa shape index (κ3) is 2.86. The van der Waals surface area contributed by atoms with Gasteiger partial charge in [-0.3, -0.25) is 9.48 Å². The first-order valence-electron chi connectivity index (χ1n) is 8.55. The summed E-state index contributed by atoms with van der Waals surface area (Å²) in [5, 5.41) is 8.22. The van der Waals surface area contributed by atoms with E-state index in [9.17, 15) is 4.79 Å². The van der Waals surface area contributed by atoms with Gasteiger partial charge >= 0.3 is 0 Å². The van der Waals surface area contributed by atoms with Crippen LogP contribution in [0.3, 0.4) is 0 Å². The number of fused-ring (bicyclic) bond motifs is 3. The fourth-order valence-electron chi connectivity index (χ4n) is 3.34. The fourth-order valence-corrected chi connectivity index (χ4v) is 4.32. The van der Waals surface area contributed by atoms with Crippen LogP contribution in [0.15, 0.2) is 6.20 Å². The first kappa shape index (κ1) is 15.8. The topological polar surface area (TPSA) is 69.0 Å². The zero-order valence-electron chi connectivity index (χ0n) is 14.0. The van der Waals surface area contributed by atoms with Gasteiger partial charge in [-0.2, -0.15) is 5.10 Å². The van der Waals surface area contributed by atoms with Gasteiger partial charge in [-0.15, -0.1) is 11.3 Å². The molecule has 1 fully saturated rings. The van der Waals surface area contributed by atoms with Crippen LogP contribution in [0.2, 0.25) is 0 Å². The van der Waals surface area contributed by atoms with Crippen molar-refractivity contribution in [1.82, 2.24) is 14.8 Å². The number of nitrogens with zero attached hydrogens (tertiary/aromatic N) is 3. The Bertz CT molecular complexity index is 759. The summed E-state index contributed by atoms with van der Waals surface area (Å²) in [5.41, 5.74) is 3.38. The molecule has 24 heavy (non-hydrogen) atoms. The van der Waals surface area contributed by atoms with E-state index in [0.29, 0.717) is 24.3 Å². The average Bonchev–Trinajstić information content (AvgIpc) is 3.24. The summed E-state index contributed by atoms with van der Waals surface area (Å²) in [6, 6.07) is 0. The van der Waals surface area contributed by atoms with Gasteiger partial charge in [0.1, 0.15) is 0 Å². The Morgan fingerprint density at radius 1 is 1.50 bits per heavy atom. The molecule has 2 aromatic heterocycles. The summed E-state index contributed by atoms with van der Waals surface area (Å²) in [6.07, 6.45) is 4.67. The fraction of sp³-hybridized carbons (Fsp3) is 0.588. The minimum Gasteiger partial charge on any atom is -0.381 e. The molecule has 0 aromatic carbocycles. The molecule has 0 spiro atoms. The molecule has 2 aromatic rings. The summed E-state index contributed by atoms with van der Waals surface area (Å²) in [6.45, 7) is 6.52. The van der Waals surface area contributed by atoms with Crippen LogP contribution in [0.5, 0.6) is 0 Å². The lowest BCUT2D eigenvalue weighted by atomic mass is 10.0. The van der Waals surface area contributed by atoms with Crippen molar-refractivity contribution in [3.8, 4) is 11.3 Å². The number of nitrogens with one attached hydrogen (secondary N) is 1. The molecule has 1 N–H and O–H groups in total. The Morgan fingerprint density at radius 3 is 3.12 bits per heavy atom. The largest absolute Gasteiger partial charge is 0.381 e. The highest BCUT2D eigenvalue weighted by Crippen LogP contribution is 2.38. The monoisotopic (exact) mass is 346 g/mol. The lowest BCUT2D eigenvalue weighted by molar-refractivity contribution is -0.119. The van der Waals surface area contributed by atoms with Crippen molar-refractivity contribution in [3.05, 3.63) is 16.8 Å². The van der Waals surface area contributed by atoms with E-state index in [0.717, 1.165) is 37.1 Å². The van der Waals surface area contributed by atoms with Crippen LogP contribution in [0, 0.1) is 11.8 Å². The number of carbonyl (C=O) groups excluding carboxylic acids is 1. The number of hydrogen-bond acceptors (Lipinski definition) is 5. The standard InChI is InChI=1S/C17H22N4O2S/c1-10(2)8-21-13-3-4-14-15(12(13)7-18-21)19-17(24-14)20-16(22)11-5-6-23-9-11/h7,10-11H,3-6,8-9H2,1-2H3,(H,19,20,22)/t11-/m0/s1. The highest BCUT2D eigenvalue weighted by atomic mass is 32.1. The molecule has 1 saturated heterocycles. The summed E-state index contributed by atoms with van der Waals surface area (Å²) in [5.74, 6) is 0.541. The van der Waals surface area contributed by atoms with Crippen LogP contribution >= 0.6 is 11.3 Å². The third-order valence-electron chi connectivity index (χ3n) is 4.56. The molecule has 128 valence electrons. The second-order valence-corrected chi connectivity index (χ2v) is 8.01. The van der Waals surface area contributed by atoms with E-state index in [4.69, 9.17) is 4.74 Å². The zero-order chi connectivity index (χ0) is 16.7. The van der Waals surface area contributed by atoms with Gasteiger partial charge in [0.2, 0.25) is 5.91 Å². The van der Waals surface area contributed by atoms with Crippen molar-refractivity contribution in [2.45, 2.75) is 39.7 Å². The Morgan fingerprint density at radius 2 is 2.38 bits per heavy atom. The molecule has 0 saturated carbocycles. The normalized spacial score (nSPS) is 19.4. The molecular weight excluding hydrogens is 324 g/mol. The first-order chi connectivity index (χ1) is 11.6. The van der Waals surface area contributed by atoms with Crippen molar-refractivity contribution in [1.29, 1.82) is 0 Å². The quantitative estimate of drug-likeness (QED) is 0.924. The van der Waals surface area contributed by atoms with Crippen molar-refractivity contribution in [2.75, 3.05) is 18.5 Å². The molecule has 2 aliphatic rings.